The van der Waals surface area contributed by atoms with E-state index in [1.807, 2.05) is 6.92 Å². The number of hydrogen-bond acceptors (Lipinski definition) is 5. The second-order valence-electron chi connectivity index (χ2n) is 5.23. The Bertz CT molecular complexity index is 604. The smallest absolute Gasteiger partial charge is 0.296 e. The van der Waals surface area contributed by atoms with Gasteiger partial charge in [-0.1, -0.05) is 18.5 Å². The maximum atomic E-state index is 12.3. The first-order valence-corrected chi connectivity index (χ1v) is 8.57. The first-order valence-electron chi connectivity index (χ1n) is 6.97. The molecule has 20 heavy (non-hydrogen) atoms. The molecule has 0 spiro atoms. The molecular formula is C12H21N3O4S. The van der Waals surface area contributed by atoms with E-state index in [2.05, 4.69) is 9.68 Å². The molecule has 1 aliphatic heterocycles. The molecule has 0 N–H and O–H groups in total. The lowest BCUT2D eigenvalue weighted by atomic mass is 10.1. The van der Waals surface area contributed by atoms with Crippen LogP contribution in [0.15, 0.2) is 9.32 Å². The summed E-state index contributed by atoms with van der Waals surface area (Å²) in [6, 6.07) is -0.379. The summed E-state index contributed by atoms with van der Waals surface area (Å²) in [4.78, 5) is 11.7. The van der Waals surface area contributed by atoms with Crippen molar-refractivity contribution in [1.82, 2.24) is 14.0 Å². The van der Waals surface area contributed by atoms with Crippen LogP contribution in [-0.4, -0.2) is 41.8 Å². The average Bonchev–Trinajstić information content (AvgIpc) is 2.63. The molecule has 8 heteroatoms. The van der Waals surface area contributed by atoms with Gasteiger partial charge in [0.2, 0.25) is 10.0 Å². The third kappa shape index (κ3) is 3.12. The molecule has 114 valence electrons. The van der Waals surface area contributed by atoms with Crippen LogP contribution in [0.2, 0.25) is 0 Å². The van der Waals surface area contributed by atoms with Crippen molar-refractivity contribution in [3.8, 4) is 0 Å². The summed E-state index contributed by atoms with van der Waals surface area (Å²) in [5.74, 6) is -0.0662. The lowest BCUT2D eigenvalue weighted by Gasteiger charge is -2.21. The molecule has 0 saturated carbocycles. The first-order chi connectivity index (χ1) is 9.45. The van der Waals surface area contributed by atoms with Gasteiger partial charge in [0.05, 0.1) is 11.8 Å². The van der Waals surface area contributed by atoms with E-state index in [1.165, 1.54) is 8.87 Å². The largest absolute Gasteiger partial charge is 0.441 e. The van der Waals surface area contributed by atoms with Gasteiger partial charge in [0.15, 0.2) is 5.82 Å². The van der Waals surface area contributed by atoms with Crippen molar-refractivity contribution in [2.75, 3.05) is 19.3 Å². The highest BCUT2D eigenvalue weighted by molar-refractivity contribution is 7.89. The minimum Gasteiger partial charge on any atom is -0.296 e. The summed E-state index contributed by atoms with van der Waals surface area (Å²) in [7, 11) is -1.80. The van der Waals surface area contributed by atoms with Crippen LogP contribution >= 0.6 is 0 Å². The fourth-order valence-electron chi connectivity index (χ4n) is 2.59. The topological polar surface area (TPSA) is 85.4 Å². The van der Waals surface area contributed by atoms with Crippen molar-refractivity contribution >= 4 is 10.0 Å². The molecular weight excluding hydrogens is 282 g/mol. The minimum absolute atomic E-state index is 0.0718. The number of fused-ring (bicyclic) bond motifs is 1. The molecule has 0 radical (unpaired) electrons. The Labute approximate surface area is 118 Å². The van der Waals surface area contributed by atoms with Gasteiger partial charge < -0.3 is 0 Å². The van der Waals surface area contributed by atoms with Crippen molar-refractivity contribution in [2.24, 2.45) is 0 Å². The van der Waals surface area contributed by atoms with Crippen LogP contribution in [-0.2, 0) is 16.4 Å². The van der Waals surface area contributed by atoms with Crippen LogP contribution in [0.1, 0.15) is 44.5 Å². The Morgan fingerprint density at radius 3 is 2.90 bits per heavy atom. The zero-order chi connectivity index (χ0) is 14.8. The van der Waals surface area contributed by atoms with Crippen molar-refractivity contribution in [1.29, 1.82) is 0 Å². The van der Waals surface area contributed by atoms with Crippen LogP contribution in [0.3, 0.4) is 0 Å². The monoisotopic (exact) mass is 303 g/mol. The quantitative estimate of drug-likeness (QED) is 0.802. The number of rotatable bonds is 5. The van der Waals surface area contributed by atoms with Gasteiger partial charge in [-0.2, -0.15) is 0 Å². The fraction of sp³-hybridized carbons (Fsp3) is 0.833. The Morgan fingerprint density at radius 2 is 2.20 bits per heavy atom. The minimum atomic E-state index is -3.37. The van der Waals surface area contributed by atoms with E-state index in [0.717, 1.165) is 19.3 Å². The predicted octanol–water partition coefficient (Wildman–Crippen LogP) is 0.775. The molecule has 1 aliphatic rings. The SMILES string of the molecule is CCCN(C)S(=O)(=O)CC1CCCCc2noc(=O)n21. The molecule has 2 rings (SSSR count). The van der Waals surface area contributed by atoms with E-state index in [1.54, 1.807) is 7.05 Å². The number of hydrogen-bond donors (Lipinski definition) is 0. The molecule has 0 fully saturated rings. The number of aryl methyl sites for hydroxylation is 1. The summed E-state index contributed by atoms with van der Waals surface area (Å²) in [5, 5.41) is 3.74. The van der Waals surface area contributed by atoms with E-state index < -0.39 is 15.8 Å². The van der Waals surface area contributed by atoms with Gasteiger partial charge in [-0.05, 0) is 19.3 Å². The number of sulfonamides is 1. The average molecular weight is 303 g/mol. The summed E-state index contributed by atoms with van der Waals surface area (Å²) in [6.07, 6.45) is 3.87. The zero-order valence-corrected chi connectivity index (χ0v) is 12.7. The van der Waals surface area contributed by atoms with E-state index in [4.69, 9.17) is 0 Å². The standard InChI is InChI=1S/C12H21N3O4S/c1-3-8-14(2)20(17,18)9-10-6-4-5-7-11-13-19-12(16)15(10)11/h10H,3-9H2,1-2H3. The molecule has 1 aromatic rings. The van der Waals surface area contributed by atoms with Crippen LogP contribution in [0.5, 0.6) is 0 Å². The van der Waals surface area contributed by atoms with Crippen molar-refractivity contribution < 1.29 is 12.9 Å². The van der Waals surface area contributed by atoms with Crippen LogP contribution in [0.25, 0.3) is 0 Å². The second kappa shape index (κ2) is 6.09. The molecule has 1 atom stereocenters. The summed E-state index contributed by atoms with van der Waals surface area (Å²) >= 11 is 0. The molecule has 0 aromatic carbocycles. The third-order valence-corrected chi connectivity index (χ3v) is 5.61. The number of aromatic nitrogens is 2. The molecule has 0 saturated heterocycles. The van der Waals surface area contributed by atoms with Gasteiger partial charge in [0.1, 0.15) is 0 Å². The first kappa shape index (κ1) is 15.2. The van der Waals surface area contributed by atoms with Crippen molar-refractivity contribution in [3.05, 3.63) is 16.4 Å². The Kier molecular flexibility index (Phi) is 4.64. The van der Waals surface area contributed by atoms with Crippen LogP contribution in [0.4, 0.5) is 0 Å². The molecule has 1 aromatic heterocycles. The van der Waals surface area contributed by atoms with E-state index in [0.29, 0.717) is 25.2 Å². The lowest BCUT2D eigenvalue weighted by molar-refractivity contribution is 0.357. The lowest BCUT2D eigenvalue weighted by Crippen LogP contribution is -2.35. The van der Waals surface area contributed by atoms with Gasteiger partial charge in [-0.25, -0.2) is 17.5 Å². The highest BCUT2D eigenvalue weighted by atomic mass is 32.2. The highest BCUT2D eigenvalue weighted by Gasteiger charge is 2.29. The van der Waals surface area contributed by atoms with Gasteiger partial charge in [0, 0.05) is 20.0 Å². The molecule has 0 amide bonds. The Morgan fingerprint density at radius 1 is 1.45 bits per heavy atom. The fourth-order valence-corrected chi connectivity index (χ4v) is 4.10. The van der Waals surface area contributed by atoms with Crippen molar-refractivity contribution in [2.45, 2.75) is 45.1 Å². The predicted molar refractivity (Wildman–Crippen MR) is 74.1 cm³/mol. The summed E-state index contributed by atoms with van der Waals surface area (Å²) < 4.78 is 32.1. The Hall–Kier alpha value is -1.15. The van der Waals surface area contributed by atoms with Crippen molar-refractivity contribution in [3.63, 3.8) is 0 Å². The van der Waals surface area contributed by atoms with E-state index in [-0.39, 0.29) is 11.8 Å². The summed E-state index contributed by atoms with van der Waals surface area (Å²) in [5.41, 5.74) is 0. The van der Waals surface area contributed by atoms with Gasteiger partial charge in [-0.3, -0.25) is 9.09 Å². The summed E-state index contributed by atoms with van der Waals surface area (Å²) in [6.45, 7) is 2.42. The third-order valence-electron chi connectivity index (χ3n) is 3.67. The normalized spacial score (nSPS) is 19.9. The van der Waals surface area contributed by atoms with Crippen LogP contribution < -0.4 is 5.76 Å². The maximum Gasteiger partial charge on any atom is 0.441 e. The zero-order valence-electron chi connectivity index (χ0n) is 11.9. The van der Waals surface area contributed by atoms with E-state index in [9.17, 15) is 13.2 Å². The van der Waals surface area contributed by atoms with Gasteiger partial charge in [0.25, 0.3) is 0 Å². The highest BCUT2D eigenvalue weighted by Crippen LogP contribution is 2.23. The molecule has 2 heterocycles. The maximum absolute atomic E-state index is 12.3. The van der Waals surface area contributed by atoms with Crippen LogP contribution in [0, 0.1) is 0 Å². The van der Waals surface area contributed by atoms with Gasteiger partial charge >= 0.3 is 5.76 Å². The van der Waals surface area contributed by atoms with Gasteiger partial charge in [-0.15, -0.1) is 0 Å². The molecule has 0 aliphatic carbocycles. The molecule has 0 bridgehead atoms. The Balaban J connectivity index is 2.25. The molecule has 7 nitrogen and oxygen atoms in total. The second-order valence-corrected chi connectivity index (χ2v) is 7.35. The molecule has 1 unspecified atom stereocenters. The number of nitrogens with zero attached hydrogens (tertiary/aromatic N) is 3. The van der Waals surface area contributed by atoms with E-state index >= 15 is 0 Å².